The van der Waals surface area contributed by atoms with Crippen molar-refractivity contribution in [2.24, 2.45) is 10.3 Å². The van der Waals surface area contributed by atoms with Crippen LogP contribution >= 0.6 is 0 Å². The molecule has 0 aromatic heterocycles. The van der Waals surface area contributed by atoms with Gasteiger partial charge in [0.1, 0.15) is 0 Å². The minimum absolute atomic E-state index is 0.218. The van der Waals surface area contributed by atoms with Gasteiger partial charge in [0.15, 0.2) is 0 Å². The largest absolute Gasteiger partial charge is 0.365 e. The van der Waals surface area contributed by atoms with Gasteiger partial charge in [-0.1, -0.05) is 118 Å². The maximum atomic E-state index is 12.8. The highest BCUT2D eigenvalue weighted by atomic mass is 16.7. The van der Waals surface area contributed by atoms with Gasteiger partial charge in [-0.15, -0.1) is 0 Å². The lowest BCUT2D eigenvalue weighted by atomic mass is 9.73. The quantitative estimate of drug-likeness (QED) is 0.0602. The van der Waals surface area contributed by atoms with E-state index in [-0.39, 0.29) is 5.41 Å². The Hall–Kier alpha value is -4.84. The Bertz CT molecular complexity index is 1760. The van der Waals surface area contributed by atoms with Crippen molar-refractivity contribution < 1.29 is 19.3 Å². The number of hydrogen-bond acceptors (Lipinski definition) is 6. The second kappa shape index (κ2) is 15.6. The third-order valence-electron chi connectivity index (χ3n) is 9.33. The zero-order valence-corrected chi connectivity index (χ0v) is 27.9. The van der Waals surface area contributed by atoms with Crippen molar-refractivity contribution in [2.75, 3.05) is 0 Å². The molecule has 0 saturated heterocycles. The van der Waals surface area contributed by atoms with E-state index in [1.807, 2.05) is 31.2 Å². The van der Waals surface area contributed by atoms with Crippen LogP contribution in [0.25, 0.3) is 11.1 Å². The molecule has 1 aliphatic rings. The Labute approximate surface area is 278 Å². The van der Waals surface area contributed by atoms with Gasteiger partial charge in [0.05, 0.1) is 22.6 Å². The average Bonchev–Trinajstić information content (AvgIpc) is 3.40. The summed E-state index contributed by atoms with van der Waals surface area (Å²) in [7, 11) is 0. The molecule has 0 heterocycles. The molecule has 0 unspecified atom stereocenters. The van der Waals surface area contributed by atoms with Crippen LogP contribution in [0.5, 0.6) is 0 Å². The molecule has 0 N–H and O–H groups in total. The van der Waals surface area contributed by atoms with Crippen molar-refractivity contribution in [1.82, 2.24) is 0 Å². The number of nitrogens with zero attached hydrogens (tertiary/aromatic N) is 2. The van der Waals surface area contributed by atoms with Gasteiger partial charge >= 0.3 is 11.9 Å². The molecule has 6 nitrogen and oxygen atoms in total. The molecule has 1 aliphatic carbocycles. The summed E-state index contributed by atoms with van der Waals surface area (Å²) in [5, 5.41) is 8.77. The van der Waals surface area contributed by atoms with Gasteiger partial charge in [0, 0.05) is 5.41 Å². The molecule has 4 aromatic rings. The molecule has 0 fully saturated rings. The standard InChI is InChI=1S/C41H44N2O4/c1-5-9-10-17-22-38(43-47-40(45)30-20-15-12-16-21-30)32-24-26-34-33-25-23-31(27-35(33)41(7-3,8-4)36(34)28-32)37(6-2)42-46-39(44)29-18-13-11-14-19-29/h11-16,18-21,23-28H,5-10,17,22H2,1-4H3/b42-37+,43-38+. The fourth-order valence-electron chi connectivity index (χ4n) is 6.60. The smallest absolute Gasteiger partial charge is 0.313 e. The van der Waals surface area contributed by atoms with Crippen LogP contribution in [0.2, 0.25) is 0 Å². The second-order valence-corrected chi connectivity index (χ2v) is 12.0. The minimum Gasteiger partial charge on any atom is -0.313 e. The fourth-order valence-corrected chi connectivity index (χ4v) is 6.60. The normalized spacial score (nSPS) is 13.5. The van der Waals surface area contributed by atoms with Gasteiger partial charge in [-0.25, -0.2) is 9.59 Å². The number of rotatable bonds is 14. The number of unbranched alkanes of at least 4 members (excludes halogenated alkanes) is 3. The Kier molecular flexibility index (Phi) is 11.2. The number of benzene rings is 4. The van der Waals surface area contributed by atoms with E-state index in [2.05, 4.69) is 67.5 Å². The summed E-state index contributed by atoms with van der Waals surface area (Å²) in [6, 6.07) is 30.9. The van der Waals surface area contributed by atoms with E-state index < -0.39 is 11.9 Å². The molecular formula is C41H44N2O4. The lowest BCUT2D eigenvalue weighted by Gasteiger charge is -2.30. The van der Waals surface area contributed by atoms with Crippen molar-refractivity contribution in [1.29, 1.82) is 0 Å². The summed E-state index contributed by atoms with van der Waals surface area (Å²) in [5.41, 5.74) is 9.06. The number of hydrogen-bond donors (Lipinski definition) is 0. The van der Waals surface area contributed by atoms with E-state index in [1.165, 1.54) is 22.3 Å². The topological polar surface area (TPSA) is 77.3 Å². The first-order valence-corrected chi connectivity index (χ1v) is 16.9. The zero-order valence-electron chi connectivity index (χ0n) is 27.9. The molecule has 0 saturated carbocycles. The summed E-state index contributed by atoms with van der Waals surface area (Å²) in [4.78, 5) is 36.3. The molecule has 0 aliphatic heterocycles. The SMILES string of the molecule is CCCCCC/C(=N\OC(=O)c1ccccc1)c1ccc2c(c1)C(CC)(CC)c1cc(/C(CC)=N/OC(=O)c3ccccc3)ccc1-2. The van der Waals surface area contributed by atoms with Crippen molar-refractivity contribution in [3.05, 3.63) is 130 Å². The van der Waals surface area contributed by atoms with E-state index in [4.69, 9.17) is 9.68 Å². The number of carbonyl (C=O) groups excluding carboxylic acids is 2. The van der Waals surface area contributed by atoms with Crippen molar-refractivity contribution >= 4 is 23.4 Å². The predicted molar refractivity (Wildman–Crippen MR) is 189 cm³/mol. The maximum absolute atomic E-state index is 12.8. The van der Waals surface area contributed by atoms with Gasteiger partial charge in [-0.2, -0.15) is 0 Å². The molecule has 47 heavy (non-hydrogen) atoms. The lowest BCUT2D eigenvalue weighted by molar-refractivity contribution is 0.0507. The van der Waals surface area contributed by atoms with Gasteiger partial charge in [0.2, 0.25) is 0 Å². The van der Waals surface area contributed by atoms with Crippen LogP contribution in [0.4, 0.5) is 0 Å². The van der Waals surface area contributed by atoms with Crippen molar-refractivity contribution in [3.8, 4) is 11.1 Å². The Morgan fingerprint density at radius 3 is 1.53 bits per heavy atom. The van der Waals surface area contributed by atoms with E-state index in [0.29, 0.717) is 17.5 Å². The first kappa shape index (κ1) is 33.5. The average molecular weight is 629 g/mol. The summed E-state index contributed by atoms with van der Waals surface area (Å²) in [6.07, 6.45) is 7.51. The Morgan fingerprint density at radius 2 is 1.06 bits per heavy atom. The molecule has 4 aromatic carbocycles. The summed E-state index contributed by atoms with van der Waals surface area (Å²) in [5.74, 6) is -0.937. The summed E-state index contributed by atoms with van der Waals surface area (Å²) < 4.78 is 0. The Morgan fingerprint density at radius 1 is 0.574 bits per heavy atom. The van der Waals surface area contributed by atoms with Crippen LogP contribution in [0, 0.1) is 0 Å². The predicted octanol–water partition coefficient (Wildman–Crippen LogP) is 10.3. The third-order valence-corrected chi connectivity index (χ3v) is 9.33. The molecule has 5 rings (SSSR count). The van der Waals surface area contributed by atoms with Gasteiger partial charge in [-0.05, 0) is 102 Å². The van der Waals surface area contributed by atoms with Crippen LogP contribution in [-0.2, 0) is 15.1 Å². The maximum Gasteiger partial charge on any atom is 0.365 e. The highest BCUT2D eigenvalue weighted by Crippen LogP contribution is 2.53. The first-order valence-electron chi connectivity index (χ1n) is 16.9. The molecular weight excluding hydrogens is 584 g/mol. The first-order chi connectivity index (χ1) is 22.9. The molecule has 6 heteroatoms. The van der Waals surface area contributed by atoms with E-state index in [1.54, 1.807) is 36.4 Å². The molecule has 0 radical (unpaired) electrons. The Balaban J connectivity index is 1.48. The monoisotopic (exact) mass is 628 g/mol. The van der Waals surface area contributed by atoms with Crippen molar-refractivity contribution in [3.63, 3.8) is 0 Å². The highest BCUT2D eigenvalue weighted by molar-refractivity contribution is 6.04. The zero-order chi connectivity index (χ0) is 33.2. The third kappa shape index (κ3) is 7.27. The van der Waals surface area contributed by atoms with Gasteiger partial charge < -0.3 is 9.68 Å². The van der Waals surface area contributed by atoms with E-state index in [9.17, 15) is 9.59 Å². The van der Waals surface area contributed by atoms with Crippen LogP contribution in [0.3, 0.4) is 0 Å². The van der Waals surface area contributed by atoms with Crippen LogP contribution < -0.4 is 0 Å². The lowest BCUT2D eigenvalue weighted by Crippen LogP contribution is -2.24. The molecule has 0 atom stereocenters. The van der Waals surface area contributed by atoms with Crippen molar-refractivity contribution in [2.45, 2.75) is 84.5 Å². The van der Waals surface area contributed by atoms with Crippen LogP contribution in [0.1, 0.15) is 122 Å². The summed E-state index contributed by atoms with van der Waals surface area (Å²) in [6.45, 7) is 8.68. The van der Waals surface area contributed by atoms with Gasteiger partial charge in [-0.3, -0.25) is 0 Å². The van der Waals surface area contributed by atoms with Crippen LogP contribution in [0.15, 0.2) is 107 Å². The molecule has 242 valence electrons. The molecule has 0 spiro atoms. The van der Waals surface area contributed by atoms with Gasteiger partial charge in [0.25, 0.3) is 0 Å². The van der Waals surface area contributed by atoms with E-state index in [0.717, 1.165) is 67.5 Å². The minimum atomic E-state index is -0.476. The second-order valence-electron chi connectivity index (χ2n) is 12.0. The molecule has 0 amide bonds. The number of oxime groups is 2. The summed E-state index contributed by atoms with van der Waals surface area (Å²) >= 11 is 0. The number of carbonyl (C=O) groups is 2. The fraction of sp³-hybridized carbons (Fsp3) is 0.317. The highest BCUT2D eigenvalue weighted by Gasteiger charge is 2.41. The van der Waals surface area contributed by atoms with Crippen LogP contribution in [-0.4, -0.2) is 23.4 Å². The molecule has 0 bridgehead atoms. The number of fused-ring (bicyclic) bond motifs is 3. The van der Waals surface area contributed by atoms with E-state index >= 15 is 0 Å².